The quantitative estimate of drug-likeness (QED) is 0.503. The van der Waals surface area contributed by atoms with Crippen LogP contribution in [0.2, 0.25) is 0 Å². The second-order valence-electron chi connectivity index (χ2n) is 4.36. The number of nitrogens with two attached hydrogens (primary N) is 2. The zero-order chi connectivity index (χ0) is 13.5. The van der Waals surface area contributed by atoms with Crippen LogP contribution in [-0.4, -0.2) is 36.9 Å². The van der Waals surface area contributed by atoms with Gasteiger partial charge in [-0.1, -0.05) is 17.7 Å². The number of hydrazine groups is 1. The van der Waals surface area contributed by atoms with Crippen LogP contribution >= 0.6 is 0 Å². The SMILES string of the molecule is Cc1ccc(N(C)CCN(N)/C=C(\N)CO)cc1. The fraction of sp³-hybridized carbons (Fsp3) is 0.385. The Morgan fingerprint density at radius 1 is 1.28 bits per heavy atom. The molecule has 18 heavy (non-hydrogen) atoms. The molecule has 0 bridgehead atoms. The van der Waals surface area contributed by atoms with Gasteiger partial charge in [0.25, 0.3) is 0 Å². The Balaban J connectivity index is 2.46. The number of nitrogens with zero attached hydrogens (tertiary/aromatic N) is 2. The predicted molar refractivity (Wildman–Crippen MR) is 74.7 cm³/mol. The molecule has 0 saturated heterocycles. The lowest BCUT2D eigenvalue weighted by molar-refractivity contribution is 0.320. The van der Waals surface area contributed by atoms with Gasteiger partial charge in [0, 0.05) is 25.5 Å². The number of aliphatic hydroxyl groups is 1. The summed E-state index contributed by atoms with van der Waals surface area (Å²) < 4.78 is 0. The van der Waals surface area contributed by atoms with E-state index < -0.39 is 0 Å². The summed E-state index contributed by atoms with van der Waals surface area (Å²) in [6.45, 7) is 3.29. The van der Waals surface area contributed by atoms with E-state index in [1.165, 1.54) is 10.6 Å². The second kappa shape index (κ2) is 6.88. The minimum Gasteiger partial charge on any atom is -0.399 e. The van der Waals surface area contributed by atoms with Gasteiger partial charge in [-0.05, 0) is 19.1 Å². The summed E-state index contributed by atoms with van der Waals surface area (Å²) in [5, 5.41) is 10.3. The van der Waals surface area contributed by atoms with Gasteiger partial charge < -0.3 is 20.7 Å². The maximum Gasteiger partial charge on any atom is 0.0840 e. The average molecular weight is 250 g/mol. The van der Waals surface area contributed by atoms with Crippen molar-refractivity contribution in [2.45, 2.75) is 6.92 Å². The lowest BCUT2D eigenvalue weighted by atomic mass is 10.2. The number of hydrogen-bond donors (Lipinski definition) is 3. The largest absolute Gasteiger partial charge is 0.399 e. The summed E-state index contributed by atoms with van der Waals surface area (Å²) in [7, 11) is 2.01. The Morgan fingerprint density at radius 3 is 2.44 bits per heavy atom. The van der Waals surface area contributed by atoms with Crippen LogP contribution in [0.4, 0.5) is 5.69 Å². The minimum atomic E-state index is -0.179. The number of rotatable bonds is 6. The van der Waals surface area contributed by atoms with E-state index in [4.69, 9.17) is 16.7 Å². The molecule has 5 nitrogen and oxygen atoms in total. The van der Waals surface area contributed by atoms with Gasteiger partial charge in [0.15, 0.2) is 0 Å². The molecule has 0 heterocycles. The molecule has 0 fully saturated rings. The van der Waals surface area contributed by atoms with Crippen molar-refractivity contribution in [3.05, 3.63) is 41.7 Å². The molecule has 0 spiro atoms. The molecule has 0 aliphatic heterocycles. The molecule has 1 aromatic rings. The lowest BCUT2D eigenvalue weighted by Crippen LogP contribution is -2.35. The maximum atomic E-state index is 8.78. The molecule has 1 aromatic carbocycles. The third kappa shape index (κ3) is 4.65. The minimum absolute atomic E-state index is 0.179. The van der Waals surface area contributed by atoms with Gasteiger partial charge in [-0.2, -0.15) is 0 Å². The molecular formula is C13H22N4O. The fourth-order valence-corrected chi connectivity index (χ4v) is 1.51. The highest BCUT2D eigenvalue weighted by molar-refractivity contribution is 5.46. The highest BCUT2D eigenvalue weighted by atomic mass is 16.3. The number of aliphatic hydroxyl groups excluding tert-OH is 1. The summed E-state index contributed by atoms with van der Waals surface area (Å²) in [6, 6.07) is 8.31. The van der Waals surface area contributed by atoms with Gasteiger partial charge >= 0.3 is 0 Å². The standard InChI is InChI=1S/C13H22N4O/c1-11-3-5-13(6-4-11)16(2)7-8-17(15)9-12(14)10-18/h3-6,9,18H,7-8,10,14-15H2,1-2H3/b12-9-. The third-order valence-electron chi connectivity index (χ3n) is 2.68. The first kappa shape index (κ1) is 14.3. The summed E-state index contributed by atoms with van der Waals surface area (Å²) in [6.07, 6.45) is 1.54. The Hall–Kier alpha value is -1.72. The Labute approximate surface area is 108 Å². The van der Waals surface area contributed by atoms with Crippen molar-refractivity contribution < 1.29 is 5.11 Å². The molecule has 0 aliphatic carbocycles. The van der Waals surface area contributed by atoms with Crippen LogP contribution in [-0.2, 0) is 0 Å². The highest BCUT2D eigenvalue weighted by Gasteiger charge is 2.02. The monoisotopic (exact) mass is 250 g/mol. The molecule has 100 valence electrons. The number of aryl methyl sites for hydroxylation is 1. The van der Waals surface area contributed by atoms with E-state index in [0.29, 0.717) is 12.2 Å². The molecule has 0 amide bonds. The smallest absolute Gasteiger partial charge is 0.0840 e. The Bertz CT molecular complexity index is 388. The van der Waals surface area contributed by atoms with Crippen molar-refractivity contribution in [3.8, 4) is 0 Å². The number of benzene rings is 1. The van der Waals surface area contributed by atoms with Crippen LogP contribution in [0.5, 0.6) is 0 Å². The van der Waals surface area contributed by atoms with Crippen LogP contribution in [0.1, 0.15) is 5.56 Å². The van der Waals surface area contributed by atoms with Gasteiger partial charge in [-0.15, -0.1) is 0 Å². The van der Waals surface area contributed by atoms with E-state index in [0.717, 1.165) is 12.2 Å². The predicted octanol–water partition coefficient (Wildman–Crippen LogP) is 0.399. The Kier molecular flexibility index (Phi) is 5.48. The molecule has 1 rings (SSSR count). The fourth-order valence-electron chi connectivity index (χ4n) is 1.51. The third-order valence-corrected chi connectivity index (χ3v) is 2.68. The summed E-state index contributed by atoms with van der Waals surface area (Å²) in [4.78, 5) is 2.11. The van der Waals surface area contributed by atoms with Gasteiger partial charge in [-0.25, -0.2) is 5.84 Å². The van der Waals surface area contributed by atoms with Crippen molar-refractivity contribution in [2.24, 2.45) is 11.6 Å². The van der Waals surface area contributed by atoms with E-state index in [9.17, 15) is 0 Å². The summed E-state index contributed by atoms with van der Waals surface area (Å²) in [5.41, 5.74) is 8.23. The van der Waals surface area contributed by atoms with Gasteiger partial charge in [0.2, 0.25) is 0 Å². The first-order valence-electron chi connectivity index (χ1n) is 5.89. The van der Waals surface area contributed by atoms with Crippen LogP contribution in [0, 0.1) is 6.92 Å². The van der Waals surface area contributed by atoms with E-state index >= 15 is 0 Å². The van der Waals surface area contributed by atoms with Crippen molar-refractivity contribution >= 4 is 5.69 Å². The van der Waals surface area contributed by atoms with Gasteiger partial charge in [0.05, 0.1) is 18.8 Å². The van der Waals surface area contributed by atoms with Crippen molar-refractivity contribution in [2.75, 3.05) is 31.6 Å². The van der Waals surface area contributed by atoms with E-state index in [-0.39, 0.29) is 6.61 Å². The van der Waals surface area contributed by atoms with Crippen LogP contribution < -0.4 is 16.5 Å². The maximum absolute atomic E-state index is 8.78. The van der Waals surface area contributed by atoms with Crippen molar-refractivity contribution in [1.82, 2.24) is 5.01 Å². The first-order chi connectivity index (χ1) is 8.52. The second-order valence-corrected chi connectivity index (χ2v) is 4.36. The van der Waals surface area contributed by atoms with Gasteiger partial charge in [0.1, 0.15) is 0 Å². The molecule has 0 atom stereocenters. The van der Waals surface area contributed by atoms with Crippen LogP contribution in [0.15, 0.2) is 36.2 Å². The molecule has 5 N–H and O–H groups in total. The molecule has 0 aliphatic rings. The molecule has 0 aromatic heterocycles. The lowest BCUT2D eigenvalue weighted by Gasteiger charge is -2.23. The number of likely N-dealkylation sites (N-methyl/N-ethyl adjacent to an activating group) is 1. The van der Waals surface area contributed by atoms with Crippen LogP contribution in [0.3, 0.4) is 0 Å². The number of hydrogen-bond acceptors (Lipinski definition) is 5. The van der Waals surface area contributed by atoms with E-state index in [1.807, 2.05) is 7.05 Å². The van der Waals surface area contributed by atoms with E-state index in [2.05, 4.69) is 36.1 Å². The molecule has 5 heteroatoms. The van der Waals surface area contributed by atoms with Crippen molar-refractivity contribution in [1.29, 1.82) is 0 Å². The number of anilines is 1. The molecule has 0 saturated carbocycles. The first-order valence-corrected chi connectivity index (χ1v) is 5.89. The normalized spacial score (nSPS) is 11.4. The summed E-state index contributed by atoms with van der Waals surface area (Å²) >= 11 is 0. The highest BCUT2D eigenvalue weighted by Crippen LogP contribution is 2.12. The average Bonchev–Trinajstić information content (AvgIpc) is 2.36. The molecular weight excluding hydrogens is 228 g/mol. The van der Waals surface area contributed by atoms with E-state index in [1.54, 1.807) is 6.20 Å². The van der Waals surface area contributed by atoms with Gasteiger partial charge in [-0.3, -0.25) is 0 Å². The zero-order valence-corrected chi connectivity index (χ0v) is 11.0. The summed E-state index contributed by atoms with van der Waals surface area (Å²) in [5.74, 6) is 5.74. The van der Waals surface area contributed by atoms with Crippen LogP contribution in [0.25, 0.3) is 0 Å². The van der Waals surface area contributed by atoms with Crippen molar-refractivity contribution in [3.63, 3.8) is 0 Å². The Morgan fingerprint density at radius 2 is 1.89 bits per heavy atom. The topological polar surface area (TPSA) is 78.8 Å². The zero-order valence-electron chi connectivity index (χ0n) is 11.0. The molecule has 0 unspecified atom stereocenters. The molecule has 0 radical (unpaired) electrons.